The lowest BCUT2D eigenvalue weighted by Gasteiger charge is -2.27. The van der Waals surface area contributed by atoms with Crippen LogP contribution in [0.2, 0.25) is 0 Å². The van der Waals surface area contributed by atoms with Crippen LogP contribution in [-0.4, -0.2) is 31.1 Å². The monoisotopic (exact) mass is 283 g/mol. The van der Waals surface area contributed by atoms with Gasteiger partial charge in [0.1, 0.15) is 5.75 Å². The standard InChI is InChI=1S/C14H21NO3S/c1-10-5-6-13(14(16)8-10)11(2)15-12-4-3-7-19(17,18)9-12/h5-6,8,11-12,15-16H,3-4,7,9H2,1-2H3. The van der Waals surface area contributed by atoms with Crippen molar-refractivity contribution < 1.29 is 13.5 Å². The molecule has 5 heteroatoms. The van der Waals surface area contributed by atoms with E-state index in [1.54, 1.807) is 6.07 Å². The molecule has 1 saturated heterocycles. The third-order valence-electron chi connectivity index (χ3n) is 3.60. The molecule has 0 spiro atoms. The van der Waals surface area contributed by atoms with E-state index in [-0.39, 0.29) is 23.6 Å². The van der Waals surface area contributed by atoms with E-state index < -0.39 is 9.84 Å². The highest BCUT2D eigenvalue weighted by atomic mass is 32.2. The van der Waals surface area contributed by atoms with Gasteiger partial charge in [-0.1, -0.05) is 12.1 Å². The summed E-state index contributed by atoms with van der Waals surface area (Å²) in [7, 11) is -2.90. The van der Waals surface area contributed by atoms with Crippen LogP contribution in [0.1, 0.15) is 36.9 Å². The molecule has 0 aromatic heterocycles. The van der Waals surface area contributed by atoms with E-state index in [1.807, 2.05) is 26.0 Å². The molecule has 0 radical (unpaired) electrons. The van der Waals surface area contributed by atoms with Crippen LogP contribution < -0.4 is 5.32 Å². The first-order valence-electron chi connectivity index (χ1n) is 6.63. The van der Waals surface area contributed by atoms with Gasteiger partial charge in [-0.2, -0.15) is 0 Å². The van der Waals surface area contributed by atoms with Crippen LogP contribution in [0.25, 0.3) is 0 Å². The molecule has 1 aliphatic rings. The molecule has 1 heterocycles. The Balaban J connectivity index is 2.06. The summed E-state index contributed by atoms with van der Waals surface area (Å²) in [6.07, 6.45) is 1.59. The molecule has 4 nitrogen and oxygen atoms in total. The molecule has 1 aromatic carbocycles. The molecular formula is C14H21NO3S. The number of benzene rings is 1. The van der Waals surface area contributed by atoms with Crippen molar-refractivity contribution in [1.82, 2.24) is 5.32 Å². The minimum Gasteiger partial charge on any atom is -0.508 e. The van der Waals surface area contributed by atoms with E-state index in [9.17, 15) is 13.5 Å². The van der Waals surface area contributed by atoms with Gasteiger partial charge in [0.2, 0.25) is 0 Å². The van der Waals surface area contributed by atoms with Gasteiger partial charge in [-0.3, -0.25) is 0 Å². The number of phenols is 1. The molecule has 0 saturated carbocycles. The SMILES string of the molecule is Cc1ccc(C(C)NC2CCCS(=O)(=O)C2)c(O)c1. The molecule has 0 aliphatic carbocycles. The minimum atomic E-state index is -2.90. The van der Waals surface area contributed by atoms with Gasteiger partial charge < -0.3 is 10.4 Å². The lowest BCUT2D eigenvalue weighted by atomic mass is 10.0. The number of hydrogen-bond donors (Lipinski definition) is 2. The second-order valence-electron chi connectivity index (χ2n) is 5.40. The molecule has 1 aliphatic heterocycles. The molecule has 0 bridgehead atoms. The number of nitrogens with one attached hydrogen (secondary N) is 1. The zero-order valence-electron chi connectivity index (χ0n) is 11.4. The molecular weight excluding hydrogens is 262 g/mol. The van der Waals surface area contributed by atoms with Crippen molar-refractivity contribution in [3.8, 4) is 5.75 Å². The molecule has 2 N–H and O–H groups in total. The van der Waals surface area contributed by atoms with Crippen molar-refractivity contribution in [3.05, 3.63) is 29.3 Å². The molecule has 2 unspecified atom stereocenters. The maximum atomic E-state index is 11.6. The Morgan fingerprint density at radius 1 is 1.42 bits per heavy atom. The van der Waals surface area contributed by atoms with Crippen molar-refractivity contribution in [1.29, 1.82) is 0 Å². The summed E-state index contributed by atoms with van der Waals surface area (Å²) in [5, 5.41) is 13.2. The van der Waals surface area contributed by atoms with E-state index in [0.29, 0.717) is 12.2 Å². The number of sulfone groups is 1. The topological polar surface area (TPSA) is 66.4 Å². The fourth-order valence-corrected chi connectivity index (χ4v) is 4.27. The average Bonchev–Trinajstić information content (AvgIpc) is 2.27. The van der Waals surface area contributed by atoms with E-state index in [2.05, 4.69) is 5.32 Å². The van der Waals surface area contributed by atoms with Gasteiger partial charge in [0.25, 0.3) is 0 Å². The lowest BCUT2D eigenvalue weighted by Crippen LogP contribution is -2.41. The van der Waals surface area contributed by atoms with Gasteiger partial charge >= 0.3 is 0 Å². The first-order valence-corrected chi connectivity index (χ1v) is 8.45. The number of aryl methyl sites for hydroxylation is 1. The summed E-state index contributed by atoms with van der Waals surface area (Å²) in [6.45, 7) is 3.88. The third-order valence-corrected chi connectivity index (χ3v) is 5.42. The van der Waals surface area contributed by atoms with Crippen LogP contribution in [0.15, 0.2) is 18.2 Å². The van der Waals surface area contributed by atoms with E-state index in [4.69, 9.17) is 0 Å². The highest BCUT2D eigenvalue weighted by Crippen LogP contribution is 2.26. The summed E-state index contributed by atoms with van der Waals surface area (Å²) in [5.74, 6) is 0.762. The zero-order valence-corrected chi connectivity index (χ0v) is 12.2. The van der Waals surface area contributed by atoms with Crippen molar-refractivity contribution in [2.45, 2.75) is 38.8 Å². The third kappa shape index (κ3) is 3.70. The van der Waals surface area contributed by atoms with Gasteiger partial charge in [-0.05, 0) is 38.3 Å². The second kappa shape index (κ2) is 5.51. The van der Waals surface area contributed by atoms with Gasteiger partial charge in [0.15, 0.2) is 9.84 Å². The van der Waals surface area contributed by atoms with Crippen molar-refractivity contribution in [2.75, 3.05) is 11.5 Å². The second-order valence-corrected chi connectivity index (χ2v) is 7.63. The Labute approximate surface area is 114 Å². The minimum absolute atomic E-state index is 0.0190. The van der Waals surface area contributed by atoms with Crippen LogP contribution in [0, 0.1) is 6.92 Å². The predicted octanol–water partition coefficient (Wildman–Crippen LogP) is 1.93. The fraction of sp³-hybridized carbons (Fsp3) is 0.571. The Morgan fingerprint density at radius 2 is 2.16 bits per heavy atom. The van der Waals surface area contributed by atoms with Crippen molar-refractivity contribution >= 4 is 9.84 Å². The maximum absolute atomic E-state index is 11.6. The van der Waals surface area contributed by atoms with E-state index in [1.165, 1.54) is 0 Å². The highest BCUT2D eigenvalue weighted by molar-refractivity contribution is 7.91. The molecule has 1 aromatic rings. The summed E-state index contributed by atoms with van der Waals surface area (Å²) in [6, 6.07) is 5.49. The number of aromatic hydroxyl groups is 1. The molecule has 2 atom stereocenters. The normalized spacial score (nSPS) is 24.0. The Morgan fingerprint density at radius 3 is 2.79 bits per heavy atom. The lowest BCUT2D eigenvalue weighted by molar-refractivity contribution is 0.416. The summed E-state index contributed by atoms with van der Waals surface area (Å²) >= 11 is 0. The molecule has 106 valence electrons. The Kier molecular flexibility index (Phi) is 4.16. The van der Waals surface area contributed by atoms with Gasteiger partial charge in [-0.25, -0.2) is 8.42 Å². The average molecular weight is 283 g/mol. The van der Waals surface area contributed by atoms with E-state index in [0.717, 1.165) is 17.5 Å². The summed E-state index contributed by atoms with van der Waals surface area (Å²) in [5.41, 5.74) is 1.82. The largest absolute Gasteiger partial charge is 0.508 e. The Hall–Kier alpha value is -1.07. The van der Waals surface area contributed by atoms with Crippen molar-refractivity contribution in [2.24, 2.45) is 0 Å². The van der Waals surface area contributed by atoms with Crippen molar-refractivity contribution in [3.63, 3.8) is 0 Å². The van der Waals surface area contributed by atoms with Gasteiger partial charge in [0, 0.05) is 17.6 Å². The van der Waals surface area contributed by atoms with Gasteiger partial charge in [-0.15, -0.1) is 0 Å². The number of rotatable bonds is 3. The smallest absolute Gasteiger partial charge is 0.151 e. The first-order chi connectivity index (χ1) is 8.87. The highest BCUT2D eigenvalue weighted by Gasteiger charge is 2.26. The summed E-state index contributed by atoms with van der Waals surface area (Å²) in [4.78, 5) is 0. The number of hydrogen-bond acceptors (Lipinski definition) is 4. The van der Waals surface area contributed by atoms with Crippen LogP contribution >= 0.6 is 0 Å². The van der Waals surface area contributed by atoms with E-state index >= 15 is 0 Å². The van der Waals surface area contributed by atoms with Crippen LogP contribution in [0.3, 0.4) is 0 Å². The quantitative estimate of drug-likeness (QED) is 0.889. The molecule has 19 heavy (non-hydrogen) atoms. The molecule has 0 amide bonds. The van der Waals surface area contributed by atoms with Gasteiger partial charge in [0.05, 0.1) is 11.5 Å². The fourth-order valence-electron chi connectivity index (χ4n) is 2.62. The summed E-state index contributed by atoms with van der Waals surface area (Å²) < 4.78 is 23.2. The first kappa shape index (κ1) is 14.3. The Bertz CT molecular complexity index is 554. The van der Waals surface area contributed by atoms with Crippen LogP contribution in [-0.2, 0) is 9.84 Å². The molecule has 1 fully saturated rings. The maximum Gasteiger partial charge on any atom is 0.151 e. The zero-order chi connectivity index (χ0) is 14.0. The predicted molar refractivity (Wildman–Crippen MR) is 76.1 cm³/mol. The molecule has 2 rings (SSSR count). The van der Waals surface area contributed by atoms with Crippen LogP contribution in [0.5, 0.6) is 5.75 Å². The number of phenolic OH excluding ortho intramolecular Hbond substituents is 1. The van der Waals surface area contributed by atoms with Crippen LogP contribution in [0.4, 0.5) is 0 Å².